The first-order valence-corrected chi connectivity index (χ1v) is 9.92. The van der Waals surface area contributed by atoms with Gasteiger partial charge in [0.25, 0.3) is 0 Å². The van der Waals surface area contributed by atoms with Crippen molar-refractivity contribution in [1.29, 1.82) is 0 Å². The molecule has 4 N–H and O–H groups in total. The number of piperazine rings is 1. The molecular formula is C21H31N7. The van der Waals surface area contributed by atoms with E-state index in [0.29, 0.717) is 11.8 Å². The van der Waals surface area contributed by atoms with Crippen LogP contribution in [-0.4, -0.2) is 52.0 Å². The molecule has 0 amide bonds. The van der Waals surface area contributed by atoms with Crippen molar-refractivity contribution < 1.29 is 0 Å². The zero-order valence-electron chi connectivity index (χ0n) is 16.9. The molecule has 2 aromatic rings. The van der Waals surface area contributed by atoms with E-state index in [-0.39, 0.29) is 0 Å². The molecule has 1 fully saturated rings. The summed E-state index contributed by atoms with van der Waals surface area (Å²) in [6.07, 6.45) is 2.77. The van der Waals surface area contributed by atoms with E-state index in [9.17, 15) is 0 Å². The average molecular weight is 382 g/mol. The van der Waals surface area contributed by atoms with Crippen LogP contribution in [0.3, 0.4) is 0 Å². The maximum absolute atomic E-state index is 6.04. The number of nitrogens with zero attached hydrogens (tertiary/aromatic N) is 5. The Hall–Kier alpha value is -2.51. The van der Waals surface area contributed by atoms with Gasteiger partial charge in [-0.1, -0.05) is 32.0 Å². The zero-order valence-corrected chi connectivity index (χ0v) is 16.9. The van der Waals surface area contributed by atoms with Crippen molar-refractivity contribution >= 4 is 5.84 Å². The van der Waals surface area contributed by atoms with E-state index in [2.05, 4.69) is 57.1 Å². The van der Waals surface area contributed by atoms with Gasteiger partial charge in [0.1, 0.15) is 0 Å². The van der Waals surface area contributed by atoms with Gasteiger partial charge >= 0.3 is 0 Å². The summed E-state index contributed by atoms with van der Waals surface area (Å²) < 4.78 is 0. The lowest BCUT2D eigenvalue weighted by atomic mass is 9.97. The van der Waals surface area contributed by atoms with Gasteiger partial charge in [-0.15, -0.1) is 0 Å². The highest BCUT2D eigenvalue weighted by Crippen LogP contribution is 2.18. The molecule has 0 bridgehead atoms. The standard InChI is InChI=1S/C21H31N7/c1-16(2)12-17-5-6-20(21(22)25-23)18(13-17)14-27-8-10-28(11-9-27)15-19-4-3-7-24-26-19/h3-7,13,16H,8-12,14-15,23H2,1-2H3,(H2,22,25). The van der Waals surface area contributed by atoms with Gasteiger partial charge in [-0.2, -0.15) is 15.3 Å². The van der Waals surface area contributed by atoms with Crippen LogP contribution in [0.5, 0.6) is 0 Å². The molecular weight excluding hydrogens is 350 g/mol. The minimum Gasteiger partial charge on any atom is -0.382 e. The second-order valence-electron chi connectivity index (χ2n) is 7.87. The molecule has 2 heterocycles. The minimum atomic E-state index is 0.396. The predicted molar refractivity (Wildman–Crippen MR) is 112 cm³/mol. The SMILES string of the molecule is CC(C)Cc1ccc(/C(N)=N/N)c(CN2CCN(Cc3cccnn3)CC2)c1. The Labute approximate surface area is 167 Å². The highest BCUT2D eigenvalue weighted by molar-refractivity contribution is 5.98. The van der Waals surface area contributed by atoms with Crippen molar-refractivity contribution in [3.05, 3.63) is 58.9 Å². The van der Waals surface area contributed by atoms with Gasteiger partial charge < -0.3 is 11.6 Å². The van der Waals surface area contributed by atoms with Crippen molar-refractivity contribution in [3.63, 3.8) is 0 Å². The largest absolute Gasteiger partial charge is 0.382 e. The van der Waals surface area contributed by atoms with Crippen molar-refractivity contribution in [1.82, 2.24) is 20.0 Å². The Morgan fingerprint density at radius 2 is 1.82 bits per heavy atom. The summed E-state index contributed by atoms with van der Waals surface area (Å²) in [4.78, 5) is 4.89. The van der Waals surface area contributed by atoms with Gasteiger partial charge in [0.15, 0.2) is 5.84 Å². The molecule has 0 spiro atoms. The Balaban J connectivity index is 1.64. The van der Waals surface area contributed by atoms with Gasteiger partial charge in [-0.05, 0) is 35.6 Å². The molecule has 7 nitrogen and oxygen atoms in total. The molecule has 150 valence electrons. The molecule has 1 aliphatic heterocycles. The first-order valence-electron chi connectivity index (χ1n) is 9.92. The quantitative estimate of drug-likeness (QED) is 0.327. The Bertz CT molecular complexity index is 781. The van der Waals surface area contributed by atoms with Crippen LogP contribution < -0.4 is 11.6 Å². The van der Waals surface area contributed by atoms with Gasteiger partial charge in [0.2, 0.25) is 0 Å². The number of hydrogen-bond donors (Lipinski definition) is 2. The highest BCUT2D eigenvalue weighted by atomic mass is 15.3. The van der Waals surface area contributed by atoms with E-state index < -0.39 is 0 Å². The molecule has 1 aromatic carbocycles. The fourth-order valence-corrected chi connectivity index (χ4v) is 3.69. The van der Waals surface area contributed by atoms with E-state index in [1.54, 1.807) is 6.20 Å². The van der Waals surface area contributed by atoms with Crippen LogP contribution in [0.25, 0.3) is 0 Å². The van der Waals surface area contributed by atoms with Crippen LogP contribution in [0.15, 0.2) is 41.6 Å². The van der Waals surface area contributed by atoms with Crippen LogP contribution in [0, 0.1) is 5.92 Å². The van der Waals surface area contributed by atoms with Crippen molar-refractivity contribution in [2.24, 2.45) is 22.6 Å². The van der Waals surface area contributed by atoms with Crippen LogP contribution >= 0.6 is 0 Å². The second-order valence-corrected chi connectivity index (χ2v) is 7.87. The maximum Gasteiger partial charge on any atom is 0.150 e. The summed E-state index contributed by atoms with van der Waals surface area (Å²) in [7, 11) is 0. The fraction of sp³-hybridized carbons (Fsp3) is 0.476. The lowest BCUT2D eigenvalue weighted by molar-refractivity contribution is 0.120. The molecule has 28 heavy (non-hydrogen) atoms. The average Bonchev–Trinajstić information content (AvgIpc) is 2.69. The molecule has 1 aliphatic rings. The minimum absolute atomic E-state index is 0.396. The first-order chi connectivity index (χ1) is 13.5. The predicted octanol–water partition coefficient (Wildman–Crippen LogP) is 1.57. The normalized spacial score (nSPS) is 16.6. The van der Waals surface area contributed by atoms with E-state index in [1.807, 2.05) is 12.1 Å². The summed E-state index contributed by atoms with van der Waals surface area (Å²) in [5.74, 6) is 6.46. The van der Waals surface area contributed by atoms with Gasteiger partial charge in [-0.3, -0.25) is 9.80 Å². The Morgan fingerprint density at radius 3 is 2.43 bits per heavy atom. The monoisotopic (exact) mass is 381 g/mol. The molecule has 3 rings (SSSR count). The first kappa shape index (κ1) is 20.2. The van der Waals surface area contributed by atoms with Gasteiger partial charge in [0.05, 0.1) is 5.69 Å². The Kier molecular flexibility index (Phi) is 6.95. The lowest BCUT2D eigenvalue weighted by Crippen LogP contribution is -2.45. The molecule has 1 saturated heterocycles. The topological polar surface area (TPSA) is 96.7 Å². The molecule has 7 heteroatoms. The van der Waals surface area contributed by atoms with Crippen LogP contribution in [-0.2, 0) is 19.5 Å². The molecule has 1 aromatic heterocycles. The van der Waals surface area contributed by atoms with E-state index in [4.69, 9.17) is 11.6 Å². The maximum atomic E-state index is 6.04. The van der Waals surface area contributed by atoms with Crippen molar-refractivity contribution in [2.45, 2.75) is 33.4 Å². The number of hydrazone groups is 1. The second kappa shape index (κ2) is 9.61. The summed E-state index contributed by atoms with van der Waals surface area (Å²) in [5, 5.41) is 11.9. The fourth-order valence-electron chi connectivity index (χ4n) is 3.69. The van der Waals surface area contributed by atoms with Crippen LogP contribution in [0.2, 0.25) is 0 Å². The molecule has 0 saturated carbocycles. The third-order valence-electron chi connectivity index (χ3n) is 5.10. The summed E-state index contributed by atoms with van der Waals surface area (Å²) in [6, 6.07) is 10.4. The number of aromatic nitrogens is 2. The van der Waals surface area contributed by atoms with Crippen LogP contribution in [0.4, 0.5) is 0 Å². The lowest BCUT2D eigenvalue weighted by Gasteiger charge is -2.34. The van der Waals surface area contributed by atoms with Gasteiger partial charge in [-0.25, -0.2) is 0 Å². The zero-order chi connectivity index (χ0) is 19.9. The third kappa shape index (κ3) is 5.50. The number of hydrogen-bond acceptors (Lipinski definition) is 6. The van der Waals surface area contributed by atoms with Crippen molar-refractivity contribution in [2.75, 3.05) is 26.2 Å². The van der Waals surface area contributed by atoms with Crippen molar-refractivity contribution in [3.8, 4) is 0 Å². The van der Waals surface area contributed by atoms with E-state index in [1.165, 1.54) is 11.1 Å². The molecule has 0 radical (unpaired) electrons. The number of amidine groups is 1. The highest BCUT2D eigenvalue weighted by Gasteiger charge is 2.19. The Morgan fingerprint density at radius 1 is 1.11 bits per heavy atom. The number of nitrogens with two attached hydrogens (primary N) is 2. The smallest absolute Gasteiger partial charge is 0.150 e. The summed E-state index contributed by atoms with van der Waals surface area (Å²) in [6.45, 7) is 10.2. The van der Waals surface area contributed by atoms with E-state index >= 15 is 0 Å². The molecule has 0 unspecified atom stereocenters. The summed E-state index contributed by atoms with van der Waals surface area (Å²) >= 11 is 0. The summed E-state index contributed by atoms with van der Waals surface area (Å²) in [5.41, 5.74) is 10.5. The van der Waals surface area contributed by atoms with E-state index in [0.717, 1.165) is 56.9 Å². The number of rotatable bonds is 7. The molecule has 0 aliphatic carbocycles. The molecule has 0 atom stereocenters. The third-order valence-corrected chi connectivity index (χ3v) is 5.10. The van der Waals surface area contributed by atoms with Crippen LogP contribution in [0.1, 0.15) is 36.2 Å². The number of benzene rings is 1. The van der Waals surface area contributed by atoms with Gasteiger partial charge in [0, 0.05) is 51.0 Å².